The van der Waals surface area contributed by atoms with Crippen LogP contribution in [-0.4, -0.2) is 33.6 Å². The van der Waals surface area contributed by atoms with Crippen LogP contribution in [0.2, 0.25) is 0 Å². The third-order valence-electron chi connectivity index (χ3n) is 3.39. The maximum atomic E-state index is 12.3. The van der Waals surface area contributed by atoms with Gasteiger partial charge in [-0.25, -0.2) is 0 Å². The quantitative estimate of drug-likeness (QED) is 0.830. The molecular weight excluding hydrogens is 202 g/mol. The zero-order valence-corrected chi connectivity index (χ0v) is 10.2. The van der Waals surface area contributed by atoms with E-state index in [1.807, 2.05) is 11.8 Å². The lowest BCUT2D eigenvalue weighted by atomic mass is 10.0. The van der Waals surface area contributed by atoms with Crippen LogP contribution in [0.3, 0.4) is 0 Å². The zero-order chi connectivity index (χ0) is 11.7. The van der Waals surface area contributed by atoms with Crippen molar-refractivity contribution in [1.29, 1.82) is 0 Å². The van der Waals surface area contributed by atoms with Crippen LogP contribution in [0, 0.1) is 12.8 Å². The molecule has 1 fully saturated rings. The van der Waals surface area contributed by atoms with E-state index in [-0.39, 0.29) is 5.91 Å². The summed E-state index contributed by atoms with van der Waals surface area (Å²) in [4.78, 5) is 14.3. The molecule has 88 valence electrons. The monoisotopic (exact) mass is 221 g/mol. The van der Waals surface area contributed by atoms with Crippen molar-refractivity contribution in [2.75, 3.05) is 6.54 Å². The molecule has 1 aliphatic heterocycles. The maximum absolute atomic E-state index is 12.3. The molecule has 0 bridgehead atoms. The molecule has 0 aliphatic carbocycles. The molecule has 0 saturated carbocycles. The first kappa shape index (κ1) is 11.2. The van der Waals surface area contributed by atoms with Crippen LogP contribution in [0.1, 0.15) is 42.7 Å². The number of aromatic nitrogens is 2. The van der Waals surface area contributed by atoms with Crippen LogP contribution < -0.4 is 0 Å². The molecule has 16 heavy (non-hydrogen) atoms. The maximum Gasteiger partial charge on any atom is 0.257 e. The number of likely N-dealkylation sites (tertiary alicyclic amines) is 1. The Bertz CT molecular complexity index is 383. The molecule has 0 aromatic carbocycles. The summed E-state index contributed by atoms with van der Waals surface area (Å²) in [5.74, 6) is 0.654. The first-order valence-corrected chi connectivity index (χ1v) is 5.92. The Hall–Kier alpha value is -1.32. The third kappa shape index (κ3) is 1.84. The van der Waals surface area contributed by atoms with E-state index in [4.69, 9.17) is 0 Å². The molecule has 1 N–H and O–H groups in total. The molecule has 2 rings (SSSR count). The Morgan fingerprint density at radius 1 is 1.62 bits per heavy atom. The first-order chi connectivity index (χ1) is 7.61. The summed E-state index contributed by atoms with van der Waals surface area (Å²) in [6, 6.07) is 0.391. The summed E-state index contributed by atoms with van der Waals surface area (Å²) < 4.78 is 0. The average molecular weight is 221 g/mol. The van der Waals surface area contributed by atoms with Gasteiger partial charge in [-0.1, -0.05) is 13.8 Å². The highest BCUT2D eigenvalue weighted by molar-refractivity contribution is 5.95. The SMILES string of the molecule is Cc1[nH]ncc1C(=O)N1CCCC1C(C)C. The van der Waals surface area contributed by atoms with E-state index in [2.05, 4.69) is 24.0 Å². The lowest BCUT2D eigenvalue weighted by Crippen LogP contribution is -2.38. The highest BCUT2D eigenvalue weighted by Crippen LogP contribution is 2.25. The number of nitrogens with zero attached hydrogens (tertiary/aromatic N) is 2. The summed E-state index contributed by atoms with van der Waals surface area (Å²) in [7, 11) is 0. The Labute approximate surface area is 96.0 Å². The van der Waals surface area contributed by atoms with Crippen LogP contribution >= 0.6 is 0 Å². The van der Waals surface area contributed by atoms with Gasteiger partial charge in [0, 0.05) is 18.3 Å². The number of hydrogen-bond acceptors (Lipinski definition) is 2. The topological polar surface area (TPSA) is 49.0 Å². The van der Waals surface area contributed by atoms with Crippen LogP contribution in [0.15, 0.2) is 6.20 Å². The molecule has 4 nitrogen and oxygen atoms in total. The number of carbonyl (C=O) groups excluding carboxylic acids is 1. The minimum absolute atomic E-state index is 0.127. The summed E-state index contributed by atoms with van der Waals surface area (Å²) in [5, 5.41) is 6.73. The number of carbonyl (C=O) groups is 1. The van der Waals surface area contributed by atoms with Gasteiger partial charge in [0.1, 0.15) is 0 Å². The summed E-state index contributed by atoms with van der Waals surface area (Å²) in [5.41, 5.74) is 1.58. The van der Waals surface area contributed by atoms with Gasteiger partial charge in [0.2, 0.25) is 0 Å². The standard InChI is InChI=1S/C12H19N3O/c1-8(2)11-5-4-6-15(11)12(16)10-7-13-14-9(10)3/h7-8,11H,4-6H2,1-3H3,(H,13,14). The van der Waals surface area contributed by atoms with Crippen molar-refractivity contribution in [2.45, 2.75) is 39.7 Å². The molecule has 1 aromatic rings. The van der Waals surface area contributed by atoms with E-state index in [0.717, 1.165) is 25.1 Å². The molecule has 2 heterocycles. The molecule has 1 aromatic heterocycles. The second kappa shape index (κ2) is 4.28. The third-order valence-corrected chi connectivity index (χ3v) is 3.39. The highest BCUT2D eigenvalue weighted by Gasteiger charge is 2.32. The lowest BCUT2D eigenvalue weighted by molar-refractivity contribution is 0.0701. The molecule has 1 unspecified atom stereocenters. The Kier molecular flexibility index (Phi) is 2.99. The van der Waals surface area contributed by atoms with E-state index < -0.39 is 0 Å². The van der Waals surface area contributed by atoms with Crippen molar-refractivity contribution in [1.82, 2.24) is 15.1 Å². The normalized spacial score (nSPS) is 20.8. The number of rotatable bonds is 2. The Balaban J connectivity index is 2.19. The van der Waals surface area contributed by atoms with Gasteiger partial charge in [-0.2, -0.15) is 5.10 Å². The lowest BCUT2D eigenvalue weighted by Gasteiger charge is -2.27. The summed E-state index contributed by atoms with van der Waals surface area (Å²) in [6.07, 6.45) is 3.87. The van der Waals surface area contributed by atoms with Crippen molar-refractivity contribution < 1.29 is 4.79 Å². The number of aryl methyl sites for hydroxylation is 1. The Morgan fingerprint density at radius 3 is 2.94 bits per heavy atom. The average Bonchev–Trinajstić information content (AvgIpc) is 2.84. The Morgan fingerprint density at radius 2 is 2.38 bits per heavy atom. The summed E-state index contributed by atoms with van der Waals surface area (Å²) in [6.45, 7) is 7.13. The van der Waals surface area contributed by atoms with Gasteiger partial charge in [-0.3, -0.25) is 9.89 Å². The number of H-pyrrole nitrogens is 1. The molecule has 1 amide bonds. The van der Waals surface area contributed by atoms with Gasteiger partial charge in [0.05, 0.1) is 11.8 Å². The van der Waals surface area contributed by atoms with Crippen LogP contribution in [0.5, 0.6) is 0 Å². The number of aromatic amines is 1. The van der Waals surface area contributed by atoms with E-state index in [9.17, 15) is 4.79 Å². The molecule has 0 spiro atoms. The largest absolute Gasteiger partial charge is 0.335 e. The summed E-state index contributed by atoms with van der Waals surface area (Å²) >= 11 is 0. The predicted molar refractivity (Wildman–Crippen MR) is 62.2 cm³/mol. The van der Waals surface area contributed by atoms with Crippen molar-refractivity contribution in [3.63, 3.8) is 0 Å². The van der Waals surface area contributed by atoms with Crippen molar-refractivity contribution in [2.24, 2.45) is 5.92 Å². The minimum Gasteiger partial charge on any atom is -0.335 e. The van der Waals surface area contributed by atoms with E-state index in [1.165, 1.54) is 0 Å². The van der Waals surface area contributed by atoms with Crippen molar-refractivity contribution in [3.05, 3.63) is 17.5 Å². The van der Waals surface area contributed by atoms with Gasteiger partial charge in [-0.15, -0.1) is 0 Å². The van der Waals surface area contributed by atoms with Gasteiger partial charge >= 0.3 is 0 Å². The molecule has 4 heteroatoms. The van der Waals surface area contributed by atoms with Gasteiger partial charge in [-0.05, 0) is 25.7 Å². The molecule has 1 saturated heterocycles. The number of amides is 1. The van der Waals surface area contributed by atoms with E-state index in [0.29, 0.717) is 17.5 Å². The van der Waals surface area contributed by atoms with E-state index in [1.54, 1.807) is 6.20 Å². The molecular formula is C12H19N3O. The number of hydrogen-bond donors (Lipinski definition) is 1. The van der Waals surface area contributed by atoms with Crippen LogP contribution in [0.4, 0.5) is 0 Å². The highest BCUT2D eigenvalue weighted by atomic mass is 16.2. The van der Waals surface area contributed by atoms with Crippen molar-refractivity contribution >= 4 is 5.91 Å². The molecule has 1 aliphatic rings. The first-order valence-electron chi connectivity index (χ1n) is 5.92. The molecule has 0 radical (unpaired) electrons. The zero-order valence-electron chi connectivity index (χ0n) is 10.2. The number of nitrogens with one attached hydrogen (secondary N) is 1. The van der Waals surface area contributed by atoms with Crippen LogP contribution in [0.25, 0.3) is 0 Å². The fourth-order valence-electron chi connectivity index (χ4n) is 2.46. The minimum atomic E-state index is 0.127. The smallest absolute Gasteiger partial charge is 0.257 e. The molecule has 1 atom stereocenters. The van der Waals surface area contributed by atoms with Crippen molar-refractivity contribution in [3.8, 4) is 0 Å². The van der Waals surface area contributed by atoms with E-state index >= 15 is 0 Å². The van der Waals surface area contributed by atoms with Gasteiger partial charge in [0.25, 0.3) is 5.91 Å². The van der Waals surface area contributed by atoms with Gasteiger partial charge in [0.15, 0.2) is 0 Å². The predicted octanol–water partition coefficient (Wildman–Crippen LogP) is 1.98. The second-order valence-electron chi connectivity index (χ2n) is 4.86. The fourth-order valence-corrected chi connectivity index (χ4v) is 2.46. The van der Waals surface area contributed by atoms with Crippen LogP contribution in [-0.2, 0) is 0 Å². The fraction of sp³-hybridized carbons (Fsp3) is 0.667. The second-order valence-corrected chi connectivity index (χ2v) is 4.86. The van der Waals surface area contributed by atoms with Gasteiger partial charge < -0.3 is 4.90 Å².